The summed E-state index contributed by atoms with van der Waals surface area (Å²) >= 11 is 0. The third-order valence-electron chi connectivity index (χ3n) is 5.83. The molecule has 1 N–H and O–H groups in total. The number of aliphatic hydroxyl groups excluding tert-OH is 1. The zero-order valence-corrected chi connectivity index (χ0v) is 12.4. The van der Waals surface area contributed by atoms with Gasteiger partial charge in [0.05, 0.1) is 11.5 Å². The molecule has 3 aliphatic rings. The molecule has 1 saturated heterocycles. The second kappa shape index (κ2) is 4.84. The van der Waals surface area contributed by atoms with E-state index in [2.05, 4.69) is 12.1 Å². The molecule has 1 aromatic carbocycles. The largest absolute Gasteiger partial charge is 0.393 e. The number of aliphatic hydroxyl groups is 1. The molecule has 3 nitrogen and oxygen atoms in total. The molecular weight excluding hydrogens is 262 g/mol. The van der Waals surface area contributed by atoms with Crippen LogP contribution in [0.5, 0.6) is 0 Å². The van der Waals surface area contributed by atoms with E-state index in [1.165, 1.54) is 12.0 Å². The van der Waals surface area contributed by atoms with Crippen LogP contribution in [0.2, 0.25) is 0 Å². The molecule has 4 rings (SSSR count). The Bertz CT molecular complexity index is 537. The van der Waals surface area contributed by atoms with Gasteiger partial charge in [0.25, 0.3) is 0 Å². The Morgan fingerprint density at radius 1 is 1.14 bits per heavy atom. The lowest BCUT2D eigenvalue weighted by atomic mass is 9.80. The first-order chi connectivity index (χ1) is 10.2. The second-order valence-corrected chi connectivity index (χ2v) is 7.08. The van der Waals surface area contributed by atoms with Gasteiger partial charge < -0.3 is 10.0 Å². The summed E-state index contributed by atoms with van der Waals surface area (Å²) in [5, 5.41) is 10.2. The average Bonchev–Trinajstić information content (AvgIpc) is 3.21. The van der Waals surface area contributed by atoms with Crippen LogP contribution in [0.4, 0.5) is 0 Å². The molecule has 3 fully saturated rings. The van der Waals surface area contributed by atoms with E-state index in [0.29, 0.717) is 17.7 Å². The van der Waals surface area contributed by atoms with Crippen molar-refractivity contribution in [1.82, 2.24) is 4.90 Å². The van der Waals surface area contributed by atoms with Gasteiger partial charge in [-0.3, -0.25) is 4.79 Å². The third-order valence-corrected chi connectivity index (χ3v) is 5.83. The Hall–Kier alpha value is -1.35. The van der Waals surface area contributed by atoms with E-state index in [-0.39, 0.29) is 11.5 Å². The molecule has 3 heteroatoms. The monoisotopic (exact) mass is 285 g/mol. The van der Waals surface area contributed by atoms with Gasteiger partial charge in [0.2, 0.25) is 5.91 Å². The van der Waals surface area contributed by atoms with Crippen molar-refractivity contribution >= 4 is 5.91 Å². The van der Waals surface area contributed by atoms with Gasteiger partial charge in [-0.2, -0.15) is 0 Å². The van der Waals surface area contributed by atoms with Crippen LogP contribution in [0.3, 0.4) is 0 Å². The Kier molecular flexibility index (Phi) is 3.07. The molecule has 3 atom stereocenters. The van der Waals surface area contributed by atoms with Gasteiger partial charge >= 0.3 is 0 Å². The van der Waals surface area contributed by atoms with E-state index < -0.39 is 0 Å². The van der Waals surface area contributed by atoms with Crippen LogP contribution in [-0.2, 0) is 10.2 Å². The van der Waals surface area contributed by atoms with E-state index in [4.69, 9.17) is 0 Å². The minimum absolute atomic E-state index is 0.201. The first-order valence-electron chi connectivity index (χ1n) is 8.24. The van der Waals surface area contributed by atoms with Gasteiger partial charge in [-0.1, -0.05) is 36.8 Å². The molecule has 0 spiro atoms. The maximum atomic E-state index is 13.0. The second-order valence-electron chi connectivity index (χ2n) is 7.08. The first kappa shape index (κ1) is 13.3. The maximum absolute atomic E-state index is 13.0. The van der Waals surface area contributed by atoms with Crippen LogP contribution in [0, 0.1) is 11.8 Å². The number of hydrogen-bond donors (Lipinski definition) is 1. The van der Waals surface area contributed by atoms with Gasteiger partial charge in [0.1, 0.15) is 0 Å². The number of fused-ring (bicyclic) bond motifs is 1. The molecule has 2 aliphatic carbocycles. The summed E-state index contributed by atoms with van der Waals surface area (Å²) in [6.07, 6.45) is 4.94. The quantitative estimate of drug-likeness (QED) is 0.906. The van der Waals surface area contributed by atoms with Gasteiger partial charge in [-0.25, -0.2) is 0 Å². The van der Waals surface area contributed by atoms with Crippen LogP contribution in [-0.4, -0.2) is 35.1 Å². The Labute approximate surface area is 126 Å². The lowest BCUT2D eigenvalue weighted by Gasteiger charge is -2.28. The van der Waals surface area contributed by atoms with Crippen molar-refractivity contribution in [3.8, 4) is 0 Å². The molecule has 0 bridgehead atoms. The highest BCUT2D eigenvalue weighted by Gasteiger charge is 2.55. The zero-order chi connectivity index (χ0) is 14.4. The average molecular weight is 285 g/mol. The van der Waals surface area contributed by atoms with Crippen molar-refractivity contribution in [3.63, 3.8) is 0 Å². The van der Waals surface area contributed by atoms with Crippen molar-refractivity contribution in [2.75, 3.05) is 13.1 Å². The fourth-order valence-corrected chi connectivity index (χ4v) is 4.42. The highest BCUT2D eigenvalue weighted by molar-refractivity contribution is 5.91. The van der Waals surface area contributed by atoms with Crippen molar-refractivity contribution in [3.05, 3.63) is 35.9 Å². The Balaban J connectivity index is 1.54. The van der Waals surface area contributed by atoms with E-state index >= 15 is 0 Å². The summed E-state index contributed by atoms with van der Waals surface area (Å²) in [6.45, 7) is 1.62. The molecule has 112 valence electrons. The SMILES string of the molecule is O=C(N1C[C@H]2CCC[C@@H](O)[C@H]2C1)C1(c2ccccc2)CC1. The normalized spacial score (nSPS) is 33.6. The highest BCUT2D eigenvalue weighted by atomic mass is 16.3. The molecule has 1 amide bonds. The van der Waals surface area contributed by atoms with Crippen LogP contribution in [0.15, 0.2) is 30.3 Å². The number of carbonyl (C=O) groups is 1. The fraction of sp³-hybridized carbons (Fsp3) is 0.611. The number of benzene rings is 1. The fourth-order valence-electron chi connectivity index (χ4n) is 4.42. The topological polar surface area (TPSA) is 40.5 Å². The van der Waals surface area contributed by atoms with E-state index in [9.17, 15) is 9.90 Å². The summed E-state index contributed by atoms with van der Waals surface area (Å²) < 4.78 is 0. The number of carbonyl (C=O) groups excluding carboxylic acids is 1. The zero-order valence-electron chi connectivity index (χ0n) is 12.4. The first-order valence-corrected chi connectivity index (χ1v) is 8.24. The van der Waals surface area contributed by atoms with E-state index in [0.717, 1.165) is 38.8 Å². The molecule has 1 aromatic rings. The summed E-state index contributed by atoms with van der Waals surface area (Å²) in [4.78, 5) is 15.1. The molecule has 0 aromatic heterocycles. The Morgan fingerprint density at radius 2 is 1.90 bits per heavy atom. The van der Waals surface area contributed by atoms with E-state index in [1.807, 2.05) is 23.1 Å². The van der Waals surface area contributed by atoms with Crippen molar-refractivity contribution in [2.45, 2.75) is 43.6 Å². The molecule has 0 radical (unpaired) electrons. The lowest BCUT2D eigenvalue weighted by molar-refractivity contribution is -0.133. The summed E-state index contributed by atoms with van der Waals surface area (Å²) in [7, 11) is 0. The molecule has 1 heterocycles. The summed E-state index contributed by atoms with van der Waals surface area (Å²) in [5.74, 6) is 1.13. The lowest BCUT2D eigenvalue weighted by Crippen LogP contribution is -2.38. The van der Waals surface area contributed by atoms with Gasteiger partial charge in [0, 0.05) is 19.0 Å². The van der Waals surface area contributed by atoms with Gasteiger partial charge in [-0.15, -0.1) is 0 Å². The number of hydrogen-bond acceptors (Lipinski definition) is 2. The van der Waals surface area contributed by atoms with Gasteiger partial charge in [0.15, 0.2) is 0 Å². The number of rotatable bonds is 2. The van der Waals surface area contributed by atoms with E-state index in [1.54, 1.807) is 0 Å². The maximum Gasteiger partial charge on any atom is 0.233 e. The molecule has 21 heavy (non-hydrogen) atoms. The number of amides is 1. The predicted octanol–water partition coefficient (Wildman–Crippen LogP) is 2.34. The van der Waals surface area contributed by atoms with Crippen LogP contribution < -0.4 is 0 Å². The molecule has 0 unspecified atom stereocenters. The van der Waals surface area contributed by atoms with Crippen molar-refractivity contribution in [2.24, 2.45) is 11.8 Å². The smallest absolute Gasteiger partial charge is 0.233 e. The Morgan fingerprint density at radius 3 is 2.57 bits per heavy atom. The number of likely N-dealkylation sites (tertiary alicyclic amines) is 1. The van der Waals surface area contributed by atoms with Crippen molar-refractivity contribution < 1.29 is 9.90 Å². The third kappa shape index (κ3) is 2.10. The van der Waals surface area contributed by atoms with Gasteiger partial charge in [-0.05, 0) is 37.2 Å². The summed E-state index contributed by atoms with van der Waals surface area (Å²) in [5.41, 5.74) is 0.921. The number of nitrogens with zero attached hydrogens (tertiary/aromatic N) is 1. The van der Waals surface area contributed by atoms with Crippen LogP contribution in [0.25, 0.3) is 0 Å². The minimum atomic E-state index is -0.250. The van der Waals surface area contributed by atoms with Crippen molar-refractivity contribution in [1.29, 1.82) is 0 Å². The standard InChI is InChI=1S/C18H23NO2/c20-16-8-4-5-13-11-19(12-15(13)16)17(21)18(9-10-18)14-6-2-1-3-7-14/h1-3,6-7,13,15-16,20H,4-5,8-12H2/t13-,15+,16-/m1/s1. The predicted molar refractivity (Wildman–Crippen MR) is 80.8 cm³/mol. The van der Waals surface area contributed by atoms with Crippen LogP contribution in [0.1, 0.15) is 37.7 Å². The molecule has 1 aliphatic heterocycles. The molecule has 2 saturated carbocycles. The highest BCUT2D eigenvalue weighted by Crippen LogP contribution is 2.51. The summed E-state index contributed by atoms with van der Waals surface area (Å²) in [6, 6.07) is 10.2. The van der Waals surface area contributed by atoms with Crippen LogP contribution >= 0.6 is 0 Å². The molecular formula is C18H23NO2. The minimum Gasteiger partial charge on any atom is -0.393 e.